The Hall–Kier alpha value is -1.01. The number of aliphatic hydroxyl groups excluding tert-OH is 1. The molecule has 1 aromatic heterocycles. The summed E-state index contributed by atoms with van der Waals surface area (Å²) < 4.78 is 0. The molecule has 1 unspecified atom stereocenters. The molecule has 0 saturated carbocycles. The third-order valence-electron chi connectivity index (χ3n) is 3.71. The van der Waals surface area contributed by atoms with E-state index in [0.717, 1.165) is 51.5 Å². The molecule has 1 aliphatic heterocycles. The molecule has 1 aromatic rings. The van der Waals surface area contributed by atoms with Crippen molar-refractivity contribution in [2.75, 3.05) is 45.8 Å². The van der Waals surface area contributed by atoms with E-state index < -0.39 is 0 Å². The Morgan fingerprint density at radius 1 is 1.40 bits per heavy atom. The van der Waals surface area contributed by atoms with Crippen LogP contribution in [0.25, 0.3) is 0 Å². The Bertz CT molecular complexity index is 367. The van der Waals surface area contributed by atoms with Crippen molar-refractivity contribution in [1.82, 2.24) is 20.1 Å². The molecule has 2 heterocycles. The minimum absolute atomic E-state index is 0.295. The second kappa shape index (κ2) is 8.32. The van der Waals surface area contributed by atoms with Crippen LogP contribution in [0.15, 0.2) is 24.4 Å². The lowest BCUT2D eigenvalue weighted by Crippen LogP contribution is -2.48. The van der Waals surface area contributed by atoms with Gasteiger partial charge < -0.3 is 10.4 Å². The molecule has 2 rings (SSSR count). The van der Waals surface area contributed by atoms with Crippen LogP contribution in [0.3, 0.4) is 0 Å². The minimum atomic E-state index is -0.295. The van der Waals surface area contributed by atoms with E-state index in [0.29, 0.717) is 6.54 Å². The Kier molecular flexibility index (Phi) is 6.39. The van der Waals surface area contributed by atoms with E-state index >= 15 is 0 Å². The van der Waals surface area contributed by atoms with Crippen molar-refractivity contribution in [2.24, 2.45) is 0 Å². The Morgan fingerprint density at radius 3 is 2.85 bits per heavy atom. The molecular formula is C15H26N4O. The molecular weight excluding hydrogens is 252 g/mol. The topological polar surface area (TPSA) is 51.6 Å². The summed E-state index contributed by atoms with van der Waals surface area (Å²) >= 11 is 0. The van der Waals surface area contributed by atoms with Crippen LogP contribution in [0.2, 0.25) is 0 Å². The average molecular weight is 278 g/mol. The minimum Gasteiger partial charge on any atom is -0.390 e. The lowest BCUT2D eigenvalue weighted by Gasteiger charge is -2.31. The van der Waals surface area contributed by atoms with Crippen LogP contribution >= 0.6 is 0 Å². The molecule has 0 bridgehead atoms. The lowest BCUT2D eigenvalue weighted by atomic mass is 10.2. The van der Waals surface area contributed by atoms with Gasteiger partial charge in [-0.15, -0.1) is 0 Å². The van der Waals surface area contributed by atoms with Gasteiger partial charge in [0.1, 0.15) is 0 Å². The number of nitrogens with zero attached hydrogens (tertiary/aromatic N) is 3. The van der Waals surface area contributed by atoms with E-state index in [1.54, 1.807) is 0 Å². The number of nitrogens with one attached hydrogen (secondary N) is 1. The fourth-order valence-electron chi connectivity index (χ4n) is 2.57. The molecule has 0 aliphatic carbocycles. The number of aromatic nitrogens is 1. The monoisotopic (exact) mass is 278 g/mol. The third kappa shape index (κ3) is 5.17. The van der Waals surface area contributed by atoms with Crippen LogP contribution in [0.5, 0.6) is 0 Å². The largest absolute Gasteiger partial charge is 0.390 e. The van der Waals surface area contributed by atoms with Gasteiger partial charge >= 0.3 is 0 Å². The molecule has 0 spiro atoms. The van der Waals surface area contributed by atoms with Gasteiger partial charge in [0.15, 0.2) is 0 Å². The van der Waals surface area contributed by atoms with E-state index in [1.807, 2.05) is 24.4 Å². The summed E-state index contributed by atoms with van der Waals surface area (Å²) in [5.41, 5.74) is 1.06. The predicted octanol–water partition coefficient (Wildman–Crippen LogP) is 0.170. The van der Waals surface area contributed by atoms with E-state index in [1.165, 1.54) is 0 Å². The van der Waals surface area contributed by atoms with Crippen molar-refractivity contribution >= 4 is 0 Å². The van der Waals surface area contributed by atoms with Gasteiger partial charge in [0.25, 0.3) is 0 Å². The highest BCUT2D eigenvalue weighted by atomic mass is 16.3. The molecule has 1 atom stereocenters. The molecule has 0 amide bonds. The third-order valence-corrected chi connectivity index (χ3v) is 3.71. The highest BCUT2D eigenvalue weighted by molar-refractivity contribution is 5.03. The van der Waals surface area contributed by atoms with Crippen LogP contribution in [-0.4, -0.2) is 71.8 Å². The lowest BCUT2D eigenvalue weighted by molar-refractivity contribution is 0.0683. The normalized spacial score (nSPS) is 18.4. The first-order valence-electron chi connectivity index (χ1n) is 7.51. The van der Waals surface area contributed by atoms with Crippen LogP contribution in [0.1, 0.15) is 12.6 Å². The number of likely N-dealkylation sites (N-methyl/N-ethyl adjacent to an activating group) is 1. The predicted molar refractivity (Wildman–Crippen MR) is 80.5 cm³/mol. The van der Waals surface area contributed by atoms with E-state index in [9.17, 15) is 5.11 Å². The molecule has 112 valence electrons. The van der Waals surface area contributed by atoms with E-state index in [4.69, 9.17) is 0 Å². The number of β-amino-alcohol motifs (C(OH)–C–C–N with tert-alkyl or cyclic N) is 1. The number of hydrogen-bond acceptors (Lipinski definition) is 5. The summed E-state index contributed by atoms with van der Waals surface area (Å²) in [5, 5.41) is 13.6. The van der Waals surface area contributed by atoms with Gasteiger partial charge in [-0.05, 0) is 18.7 Å². The maximum absolute atomic E-state index is 10.3. The van der Waals surface area contributed by atoms with Crippen LogP contribution in [0.4, 0.5) is 0 Å². The van der Waals surface area contributed by atoms with Crippen molar-refractivity contribution in [2.45, 2.75) is 19.6 Å². The van der Waals surface area contributed by atoms with Crippen LogP contribution in [0, 0.1) is 0 Å². The fraction of sp³-hybridized carbons (Fsp3) is 0.667. The standard InChI is InChI=1S/C15H26N4O/c1-2-18(11-14-5-3-4-6-17-14)12-15(20)13-19-9-7-16-8-10-19/h3-6,15-16,20H,2,7-13H2,1H3. The number of hydrogen-bond donors (Lipinski definition) is 2. The second-order valence-electron chi connectivity index (χ2n) is 5.35. The van der Waals surface area contributed by atoms with Crippen LogP contribution in [-0.2, 0) is 6.54 Å². The summed E-state index contributed by atoms with van der Waals surface area (Å²) in [6.45, 7) is 9.44. The number of rotatable bonds is 7. The van der Waals surface area contributed by atoms with Gasteiger partial charge in [0.2, 0.25) is 0 Å². The molecule has 1 saturated heterocycles. The number of piperazine rings is 1. The Morgan fingerprint density at radius 2 is 2.20 bits per heavy atom. The van der Waals surface area contributed by atoms with Crippen molar-refractivity contribution in [3.8, 4) is 0 Å². The van der Waals surface area contributed by atoms with Crippen molar-refractivity contribution in [1.29, 1.82) is 0 Å². The Balaban J connectivity index is 1.76. The molecule has 2 N–H and O–H groups in total. The van der Waals surface area contributed by atoms with Gasteiger partial charge in [-0.3, -0.25) is 14.8 Å². The maximum atomic E-state index is 10.3. The molecule has 1 aliphatic rings. The summed E-state index contributed by atoms with van der Waals surface area (Å²) in [5.74, 6) is 0. The van der Waals surface area contributed by atoms with Gasteiger partial charge in [0, 0.05) is 52.0 Å². The van der Waals surface area contributed by atoms with Crippen molar-refractivity contribution < 1.29 is 5.11 Å². The fourth-order valence-corrected chi connectivity index (χ4v) is 2.57. The summed E-state index contributed by atoms with van der Waals surface area (Å²) in [4.78, 5) is 8.92. The number of aliphatic hydroxyl groups is 1. The zero-order chi connectivity index (χ0) is 14.2. The average Bonchev–Trinajstić information content (AvgIpc) is 2.48. The summed E-state index contributed by atoms with van der Waals surface area (Å²) in [6.07, 6.45) is 1.53. The molecule has 0 radical (unpaired) electrons. The second-order valence-corrected chi connectivity index (χ2v) is 5.35. The van der Waals surface area contributed by atoms with Gasteiger partial charge in [0.05, 0.1) is 11.8 Å². The molecule has 1 fully saturated rings. The highest BCUT2D eigenvalue weighted by Gasteiger charge is 2.16. The molecule has 5 heteroatoms. The molecule has 20 heavy (non-hydrogen) atoms. The SMILES string of the molecule is CCN(Cc1ccccn1)CC(O)CN1CCNCC1. The zero-order valence-electron chi connectivity index (χ0n) is 12.3. The highest BCUT2D eigenvalue weighted by Crippen LogP contribution is 2.03. The maximum Gasteiger partial charge on any atom is 0.0793 e. The van der Waals surface area contributed by atoms with Gasteiger partial charge in [-0.2, -0.15) is 0 Å². The van der Waals surface area contributed by atoms with Crippen molar-refractivity contribution in [3.63, 3.8) is 0 Å². The first kappa shape index (κ1) is 15.4. The van der Waals surface area contributed by atoms with Crippen LogP contribution < -0.4 is 5.32 Å². The van der Waals surface area contributed by atoms with Gasteiger partial charge in [-0.25, -0.2) is 0 Å². The Labute approximate surface area is 121 Å². The van der Waals surface area contributed by atoms with Gasteiger partial charge in [-0.1, -0.05) is 13.0 Å². The summed E-state index contributed by atoms with van der Waals surface area (Å²) in [7, 11) is 0. The van der Waals surface area contributed by atoms with Crippen molar-refractivity contribution in [3.05, 3.63) is 30.1 Å². The quantitative estimate of drug-likeness (QED) is 0.745. The zero-order valence-corrected chi connectivity index (χ0v) is 12.3. The molecule has 0 aromatic carbocycles. The van der Waals surface area contributed by atoms with E-state index in [-0.39, 0.29) is 6.10 Å². The summed E-state index contributed by atoms with van der Waals surface area (Å²) in [6, 6.07) is 5.97. The number of pyridine rings is 1. The first-order valence-corrected chi connectivity index (χ1v) is 7.51. The van der Waals surface area contributed by atoms with E-state index in [2.05, 4.69) is 27.0 Å². The first-order chi connectivity index (χ1) is 9.78. The molecule has 5 nitrogen and oxygen atoms in total. The smallest absolute Gasteiger partial charge is 0.0793 e.